The minimum absolute atomic E-state index is 0.275. The molecule has 1 saturated heterocycles. The Bertz CT molecular complexity index is 1030. The van der Waals surface area contributed by atoms with Crippen molar-refractivity contribution in [2.75, 3.05) is 31.0 Å². The van der Waals surface area contributed by atoms with E-state index in [1.165, 1.54) is 11.1 Å². The van der Waals surface area contributed by atoms with Gasteiger partial charge in [0.25, 0.3) is 15.9 Å². The maximum atomic E-state index is 13.0. The number of hydrogen-bond donors (Lipinski definition) is 1. The van der Waals surface area contributed by atoms with Gasteiger partial charge in [0.05, 0.1) is 28.7 Å². The molecule has 2 heterocycles. The van der Waals surface area contributed by atoms with Gasteiger partial charge in [0.2, 0.25) is 0 Å². The molecule has 1 aliphatic heterocycles. The first kappa shape index (κ1) is 21.3. The summed E-state index contributed by atoms with van der Waals surface area (Å²) in [7, 11) is -4.51. The Hall–Kier alpha value is -2.44. The monoisotopic (exact) mass is 450 g/mol. The molecule has 1 aromatic heterocycles. The molecular formula is C16H14ClF3N4O4S. The van der Waals surface area contributed by atoms with Crippen LogP contribution in [0.25, 0.3) is 0 Å². The molecule has 0 spiro atoms. The Morgan fingerprint density at radius 2 is 1.83 bits per heavy atom. The van der Waals surface area contributed by atoms with Crippen LogP contribution in [-0.4, -0.2) is 55.5 Å². The zero-order chi connectivity index (χ0) is 21.2. The standard InChI is InChI=1S/C16H14ClF3N4O4S/c17-12-2-1-10(9-11(12)16(18,19)20)29(26,27)23-14-13(21-3-4-22-14)15(25)24-5-7-28-8-6-24/h1-4,9H,5-8H2,(H,22,23). The SMILES string of the molecule is O=C(c1nccnc1NS(=O)(=O)c1ccc(Cl)c(C(F)(F)F)c1)N1CCOCC1. The third kappa shape index (κ3) is 4.77. The highest BCUT2D eigenvalue weighted by Crippen LogP contribution is 2.36. The maximum Gasteiger partial charge on any atom is 0.417 e. The van der Waals surface area contributed by atoms with Crippen molar-refractivity contribution in [2.24, 2.45) is 0 Å². The lowest BCUT2D eigenvalue weighted by Crippen LogP contribution is -2.41. The van der Waals surface area contributed by atoms with Crippen LogP contribution >= 0.6 is 11.6 Å². The lowest BCUT2D eigenvalue weighted by Gasteiger charge is -2.26. The lowest BCUT2D eigenvalue weighted by atomic mass is 10.2. The number of nitrogens with zero attached hydrogens (tertiary/aromatic N) is 3. The summed E-state index contributed by atoms with van der Waals surface area (Å²) in [4.78, 5) is 21.1. The summed E-state index contributed by atoms with van der Waals surface area (Å²) < 4.78 is 71.5. The fourth-order valence-corrected chi connectivity index (χ4v) is 3.83. The zero-order valence-electron chi connectivity index (χ0n) is 14.6. The summed E-state index contributed by atoms with van der Waals surface area (Å²) in [5.41, 5.74) is -1.58. The van der Waals surface area contributed by atoms with E-state index in [-0.39, 0.29) is 18.8 Å². The quantitative estimate of drug-likeness (QED) is 0.767. The second-order valence-corrected chi connectivity index (χ2v) is 7.99. The number of amides is 1. The molecule has 29 heavy (non-hydrogen) atoms. The number of rotatable bonds is 4. The molecule has 8 nitrogen and oxygen atoms in total. The van der Waals surface area contributed by atoms with Gasteiger partial charge in [-0.25, -0.2) is 18.4 Å². The van der Waals surface area contributed by atoms with Crippen LogP contribution in [0.4, 0.5) is 19.0 Å². The largest absolute Gasteiger partial charge is 0.417 e. The molecule has 0 bridgehead atoms. The van der Waals surface area contributed by atoms with Crippen LogP contribution < -0.4 is 4.72 Å². The normalized spacial score (nSPS) is 15.2. The summed E-state index contributed by atoms with van der Waals surface area (Å²) in [5.74, 6) is -0.973. The number of ether oxygens (including phenoxy) is 1. The summed E-state index contributed by atoms with van der Waals surface area (Å²) in [6.45, 7) is 1.21. The van der Waals surface area contributed by atoms with Crippen molar-refractivity contribution < 1.29 is 31.1 Å². The molecule has 1 aliphatic rings. The van der Waals surface area contributed by atoms with Crippen molar-refractivity contribution in [3.63, 3.8) is 0 Å². The number of aromatic nitrogens is 2. The molecule has 0 atom stereocenters. The average molecular weight is 451 g/mol. The number of sulfonamides is 1. The number of benzene rings is 1. The molecule has 0 unspecified atom stereocenters. The van der Waals surface area contributed by atoms with E-state index in [2.05, 4.69) is 9.97 Å². The molecule has 1 amide bonds. The van der Waals surface area contributed by atoms with Gasteiger partial charge in [-0.2, -0.15) is 13.2 Å². The first-order valence-corrected chi connectivity index (χ1v) is 10.0. The fourth-order valence-electron chi connectivity index (χ4n) is 2.56. The van der Waals surface area contributed by atoms with Crippen LogP contribution in [0.5, 0.6) is 0 Å². The van der Waals surface area contributed by atoms with Gasteiger partial charge in [-0.3, -0.25) is 9.52 Å². The molecule has 1 fully saturated rings. The summed E-state index contributed by atoms with van der Waals surface area (Å²) in [5, 5.41) is -0.640. The minimum atomic E-state index is -4.84. The van der Waals surface area contributed by atoms with Crippen molar-refractivity contribution in [1.29, 1.82) is 0 Å². The van der Waals surface area contributed by atoms with E-state index in [0.717, 1.165) is 18.3 Å². The Morgan fingerprint density at radius 3 is 2.48 bits per heavy atom. The molecule has 2 aromatic rings. The molecule has 0 saturated carbocycles. The van der Waals surface area contributed by atoms with Gasteiger partial charge in [0, 0.05) is 25.5 Å². The molecule has 156 valence electrons. The Balaban J connectivity index is 1.93. The van der Waals surface area contributed by atoms with Gasteiger partial charge in [-0.15, -0.1) is 0 Å². The van der Waals surface area contributed by atoms with E-state index in [0.29, 0.717) is 19.3 Å². The number of carbonyl (C=O) groups excluding carboxylic acids is 1. The molecule has 0 aliphatic carbocycles. The minimum Gasteiger partial charge on any atom is -0.378 e. The number of halogens is 4. The van der Waals surface area contributed by atoms with E-state index < -0.39 is 43.4 Å². The third-order valence-electron chi connectivity index (χ3n) is 3.98. The van der Waals surface area contributed by atoms with Crippen molar-refractivity contribution in [2.45, 2.75) is 11.1 Å². The van der Waals surface area contributed by atoms with Crippen LogP contribution in [-0.2, 0) is 20.9 Å². The Kier molecular flexibility index (Phi) is 5.96. The highest BCUT2D eigenvalue weighted by Gasteiger charge is 2.35. The van der Waals surface area contributed by atoms with Crippen molar-refractivity contribution in [3.8, 4) is 0 Å². The predicted molar refractivity (Wildman–Crippen MR) is 96.0 cm³/mol. The molecule has 1 aromatic carbocycles. The van der Waals surface area contributed by atoms with Crippen LogP contribution in [0.3, 0.4) is 0 Å². The number of anilines is 1. The van der Waals surface area contributed by atoms with E-state index in [4.69, 9.17) is 16.3 Å². The average Bonchev–Trinajstić information content (AvgIpc) is 2.67. The van der Waals surface area contributed by atoms with E-state index >= 15 is 0 Å². The summed E-state index contributed by atoms with van der Waals surface area (Å²) in [6.07, 6.45) is -2.49. The number of carbonyl (C=O) groups is 1. The van der Waals surface area contributed by atoms with Gasteiger partial charge in [-0.1, -0.05) is 11.6 Å². The summed E-state index contributed by atoms with van der Waals surface area (Å²) >= 11 is 5.53. The van der Waals surface area contributed by atoms with Crippen LogP contribution in [0.15, 0.2) is 35.5 Å². The van der Waals surface area contributed by atoms with Crippen LogP contribution in [0.2, 0.25) is 5.02 Å². The highest BCUT2D eigenvalue weighted by molar-refractivity contribution is 7.92. The fraction of sp³-hybridized carbons (Fsp3) is 0.312. The van der Waals surface area contributed by atoms with Gasteiger partial charge >= 0.3 is 6.18 Å². The number of hydrogen-bond acceptors (Lipinski definition) is 6. The smallest absolute Gasteiger partial charge is 0.378 e. The van der Waals surface area contributed by atoms with Gasteiger partial charge < -0.3 is 9.64 Å². The van der Waals surface area contributed by atoms with Crippen LogP contribution in [0, 0.1) is 0 Å². The second-order valence-electron chi connectivity index (χ2n) is 5.90. The van der Waals surface area contributed by atoms with Gasteiger partial charge in [0.1, 0.15) is 0 Å². The first-order chi connectivity index (χ1) is 13.6. The molecular weight excluding hydrogens is 437 g/mol. The third-order valence-corrected chi connectivity index (χ3v) is 5.65. The van der Waals surface area contributed by atoms with Crippen molar-refractivity contribution >= 4 is 33.3 Å². The second kappa shape index (κ2) is 8.13. The molecule has 13 heteroatoms. The number of alkyl halides is 3. The van der Waals surface area contributed by atoms with E-state index in [1.807, 2.05) is 4.72 Å². The maximum absolute atomic E-state index is 13.0. The van der Waals surface area contributed by atoms with Crippen LogP contribution in [0.1, 0.15) is 16.1 Å². The lowest BCUT2D eigenvalue weighted by molar-refractivity contribution is -0.137. The van der Waals surface area contributed by atoms with Crippen molar-refractivity contribution in [1.82, 2.24) is 14.9 Å². The predicted octanol–water partition coefficient (Wildman–Crippen LogP) is 2.42. The molecule has 0 radical (unpaired) electrons. The highest BCUT2D eigenvalue weighted by atomic mass is 35.5. The Morgan fingerprint density at radius 1 is 1.17 bits per heavy atom. The number of nitrogens with one attached hydrogen (secondary N) is 1. The first-order valence-electron chi connectivity index (χ1n) is 8.17. The molecule has 3 rings (SSSR count). The summed E-state index contributed by atoms with van der Waals surface area (Å²) in [6, 6.07) is 2.15. The topological polar surface area (TPSA) is 101 Å². The van der Waals surface area contributed by atoms with Gasteiger partial charge in [0.15, 0.2) is 11.5 Å². The zero-order valence-corrected chi connectivity index (χ0v) is 16.2. The van der Waals surface area contributed by atoms with Crippen molar-refractivity contribution in [3.05, 3.63) is 46.9 Å². The Labute approximate surface area is 168 Å². The van der Waals surface area contributed by atoms with E-state index in [9.17, 15) is 26.4 Å². The molecule has 1 N–H and O–H groups in total. The number of morpholine rings is 1. The van der Waals surface area contributed by atoms with Gasteiger partial charge in [-0.05, 0) is 18.2 Å². The van der Waals surface area contributed by atoms with E-state index in [1.54, 1.807) is 0 Å².